The SMILES string of the molecule is CN=C(NCc1ccnn1C)NCC(C)Oc1ccccc1. The topological polar surface area (TPSA) is 63.5 Å². The molecule has 2 N–H and O–H groups in total. The molecular formula is C16H23N5O. The van der Waals surface area contributed by atoms with Gasteiger partial charge in [-0.1, -0.05) is 18.2 Å². The summed E-state index contributed by atoms with van der Waals surface area (Å²) in [6.07, 6.45) is 1.82. The molecule has 0 aliphatic carbocycles. The second-order valence-electron chi connectivity index (χ2n) is 4.99. The summed E-state index contributed by atoms with van der Waals surface area (Å²) in [5.74, 6) is 1.61. The van der Waals surface area contributed by atoms with Crippen LogP contribution in [0, 0.1) is 0 Å². The van der Waals surface area contributed by atoms with E-state index >= 15 is 0 Å². The highest BCUT2D eigenvalue weighted by Crippen LogP contribution is 2.10. The van der Waals surface area contributed by atoms with Gasteiger partial charge in [0, 0.05) is 20.3 Å². The summed E-state index contributed by atoms with van der Waals surface area (Å²) in [4.78, 5) is 4.21. The predicted molar refractivity (Wildman–Crippen MR) is 87.9 cm³/mol. The number of aryl methyl sites for hydroxylation is 1. The van der Waals surface area contributed by atoms with E-state index in [1.807, 2.05) is 55.1 Å². The van der Waals surface area contributed by atoms with Crippen LogP contribution in [-0.4, -0.2) is 35.4 Å². The fraction of sp³-hybridized carbons (Fsp3) is 0.375. The fourth-order valence-corrected chi connectivity index (χ4v) is 1.98. The maximum absolute atomic E-state index is 5.82. The van der Waals surface area contributed by atoms with Crippen molar-refractivity contribution in [1.82, 2.24) is 20.4 Å². The summed E-state index contributed by atoms with van der Waals surface area (Å²) in [5, 5.41) is 10.6. The van der Waals surface area contributed by atoms with Crippen molar-refractivity contribution in [3.8, 4) is 5.75 Å². The minimum Gasteiger partial charge on any atom is -0.489 e. The molecule has 6 heteroatoms. The van der Waals surface area contributed by atoms with Gasteiger partial charge in [-0.25, -0.2) is 0 Å². The average Bonchev–Trinajstić information content (AvgIpc) is 2.94. The van der Waals surface area contributed by atoms with Gasteiger partial charge in [-0.05, 0) is 25.1 Å². The number of nitrogens with zero attached hydrogens (tertiary/aromatic N) is 3. The summed E-state index contributed by atoms with van der Waals surface area (Å²) in [7, 11) is 3.67. The van der Waals surface area contributed by atoms with E-state index in [1.54, 1.807) is 13.2 Å². The second-order valence-corrected chi connectivity index (χ2v) is 4.99. The zero-order valence-electron chi connectivity index (χ0n) is 13.3. The molecule has 2 rings (SSSR count). The van der Waals surface area contributed by atoms with Crippen LogP contribution in [0.1, 0.15) is 12.6 Å². The fourth-order valence-electron chi connectivity index (χ4n) is 1.98. The first-order valence-corrected chi connectivity index (χ1v) is 7.32. The van der Waals surface area contributed by atoms with Gasteiger partial charge < -0.3 is 15.4 Å². The summed E-state index contributed by atoms with van der Waals surface area (Å²) >= 11 is 0. The van der Waals surface area contributed by atoms with Crippen LogP contribution in [0.25, 0.3) is 0 Å². The Labute approximate surface area is 131 Å². The van der Waals surface area contributed by atoms with Gasteiger partial charge in [0.05, 0.1) is 18.8 Å². The Bertz CT molecular complexity index is 594. The molecule has 1 aromatic heterocycles. The molecule has 118 valence electrons. The molecule has 0 fully saturated rings. The number of benzene rings is 1. The summed E-state index contributed by atoms with van der Waals surface area (Å²) in [5.41, 5.74) is 1.09. The molecule has 1 atom stereocenters. The Morgan fingerprint density at radius 2 is 2.05 bits per heavy atom. The number of hydrogen-bond donors (Lipinski definition) is 2. The van der Waals surface area contributed by atoms with Crippen molar-refractivity contribution in [2.45, 2.75) is 19.6 Å². The van der Waals surface area contributed by atoms with Gasteiger partial charge in [0.15, 0.2) is 5.96 Å². The van der Waals surface area contributed by atoms with Gasteiger partial charge in [-0.15, -0.1) is 0 Å². The number of para-hydroxylation sites is 1. The minimum atomic E-state index is 0.0395. The second kappa shape index (κ2) is 8.07. The lowest BCUT2D eigenvalue weighted by Crippen LogP contribution is -2.41. The van der Waals surface area contributed by atoms with Crippen molar-refractivity contribution < 1.29 is 4.74 Å². The number of nitrogens with one attached hydrogen (secondary N) is 2. The Hall–Kier alpha value is -2.50. The smallest absolute Gasteiger partial charge is 0.191 e. The molecule has 6 nitrogen and oxygen atoms in total. The maximum atomic E-state index is 5.82. The molecule has 0 radical (unpaired) electrons. The standard InChI is InChI=1S/C16H23N5O/c1-13(22-15-7-5-4-6-8-15)11-18-16(17-2)19-12-14-9-10-20-21(14)3/h4-10,13H,11-12H2,1-3H3,(H2,17,18,19). The van der Waals surface area contributed by atoms with Gasteiger partial charge in [0.25, 0.3) is 0 Å². The highest BCUT2D eigenvalue weighted by molar-refractivity contribution is 5.79. The molecule has 0 saturated carbocycles. The lowest BCUT2D eigenvalue weighted by Gasteiger charge is -2.17. The largest absolute Gasteiger partial charge is 0.489 e. The normalized spacial score (nSPS) is 12.8. The van der Waals surface area contributed by atoms with E-state index in [2.05, 4.69) is 20.7 Å². The lowest BCUT2D eigenvalue weighted by atomic mass is 10.3. The molecule has 0 spiro atoms. The van der Waals surface area contributed by atoms with Crippen LogP contribution < -0.4 is 15.4 Å². The molecule has 0 aliphatic rings. The van der Waals surface area contributed by atoms with E-state index in [1.165, 1.54) is 0 Å². The van der Waals surface area contributed by atoms with Crippen LogP contribution in [0.2, 0.25) is 0 Å². The third kappa shape index (κ3) is 4.80. The molecule has 1 heterocycles. The Morgan fingerprint density at radius 1 is 1.27 bits per heavy atom. The predicted octanol–water partition coefficient (Wildman–Crippen LogP) is 1.55. The highest BCUT2D eigenvalue weighted by Gasteiger charge is 2.06. The molecule has 22 heavy (non-hydrogen) atoms. The quantitative estimate of drug-likeness (QED) is 0.628. The van der Waals surface area contributed by atoms with Crippen LogP contribution >= 0.6 is 0 Å². The summed E-state index contributed by atoms with van der Waals surface area (Å²) in [6.45, 7) is 3.36. The first-order valence-electron chi connectivity index (χ1n) is 7.32. The van der Waals surface area contributed by atoms with Crippen molar-refractivity contribution >= 4 is 5.96 Å². The molecule has 0 bridgehead atoms. The van der Waals surface area contributed by atoms with Crippen LogP contribution in [0.4, 0.5) is 0 Å². The van der Waals surface area contributed by atoms with Crippen molar-refractivity contribution in [2.24, 2.45) is 12.0 Å². The van der Waals surface area contributed by atoms with Gasteiger partial charge >= 0.3 is 0 Å². The van der Waals surface area contributed by atoms with Crippen LogP contribution in [-0.2, 0) is 13.6 Å². The number of hydrogen-bond acceptors (Lipinski definition) is 3. The van der Waals surface area contributed by atoms with Crippen LogP contribution in [0.3, 0.4) is 0 Å². The maximum Gasteiger partial charge on any atom is 0.191 e. The van der Waals surface area contributed by atoms with Crippen molar-refractivity contribution in [2.75, 3.05) is 13.6 Å². The van der Waals surface area contributed by atoms with Gasteiger partial charge in [0.1, 0.15) is 11.9 Å². The number of rotatable bonds is 6. The van der Waals surface area contributed by atoms with E-state index < -0.39 is 0 Å². The Morgan fingerprint density at radius 3 is 2.68 bits per heavy atom. The van der Waals surface area contributed by atoms with Crippen molar-refractivity contribution in [3.63, 3.8) is 0 Å². The van der Waals surface area contributed by atoms with Crippen LogP contribution in [0.15, 0.2) is 47.6 Å². The Kier molecular flexibility index (Phi) is 5.82. The van der Waals surface area contributed by atoms with E-state index in [9.17, 15) is 0 Å². The van der Waals surface area contributed by atoms with E-state index in [0.717, 1.165) is 17.4 Å². The number of aromatic nitrogens is 2. The Balaban J connectivity index is 1.75. The molecule has 0 aliphatic heterocycles. The number of ether oxygens (including phenoxy) is 1. The van der Waals surface area contributed by atoms with E-state index in [4.69, 9.17) is 4.74 Å². The third-order valence-electron chi connectivity index (χ3n) is 3.22. The monoisotopic (exact) mass is 301 g/mol. The first-order chi connectivity index (χ1) is 10.7. The van der Waals surface area contributed by atoms with Gasteiger partial charge in [0.2, 0.25) is 0 Å². The molecular weight excluding hydrogens is 278 g/mol. The minimum absolute atomic E-state index is 0.0395. The first kappa shape index (κ1) is 15.9. The van der Waals surface area contributed by atoms with Gasteiger partial charge in [-0.3, -0.25) is 9.67 Å². The summed E-state index contributed by atoms with van der Waals surface area (Å²) in [6, 6.07) is 11.8. The van der Waals surface area contributed by atoms with Crippen molar-refractivity contribution in [1.29, 1.82) is 0 Å². The number of aliphatic imine (C=N–C) groups is 1. The van der Waals surface area contributed by atoms with E-state index in [-0.39, 0.29) is 6.10 Å². The highest BCUT2D eigenvalue weighted by atomic mass is 16.5. The van der Waals surface area contributed by atoms with Crippen LogP contribution in [0.5, 0.6) is 5.75 Å². The summed E-state index contributed by atoms with van der Waals surface area (Å²) < 4.78 is 7.65. The molecule has 0 amide bonds. The average molecular weight is 301 g/mol. The zero-order chi connectivity index (χ0) is 15.8. The number of guanidine groups is 1. The molecule has 0 saturated heterocycles. The molecule has 1 unspecified atom stereocenters. The van der Waals surface area contributed by atoms with Gasteiger partial charge in [-0.2, -0.15) is 5.10 Å². The molecule has 1 aromatic carbocycles. The van der Waals surface area contributed by atoms with E-state index in [0.29, 0.717) is 13.1 Å². The van der Waals surface area contributed by atoms with Crippen molar-refractivity contribution in [3.05, 3.63) is 48.3 Å². The zero-order valence-corrected chi connectivity index (χ0v) is 13.3. The third-order valence-corrected chi connectivity index (χ3v) is 3.22. The lowest BCUT2D eigenvalue weighted by molar-refractivity contribution is 0.224. The molecule has 2 aromatic rings.